The molecular weight excluding hydrogens is 334 g/mol. The maximum absolute atomic E-state index is 12.3. The predicted octanol–water partition coefficient (Wildman–Crippen LogP) is 0.799. The molecule has 2 N–H and O–H groups in total. The van der Waals surface area contributed by atoms with Gasteiger partial charge < -0.3 is 15.3 Å². The molecule has 0 radical (unpaired) electrons. The van der Waals surface area contributed by atoms with Crippen LogP contribution < -0.4 is 5.32 Å². The van der Waals surface area contributed by atoms with Gasteiger partial charge in [0.05, 0.1) is 10.8 Å². The number of carboxylic acids is 1. The molecule has 0 aliphatic heterocycles. The van der Waals surface area contributed by atoms with E-state index in [2.05, 4.69) is 5.32 Å². The second kappa shape index (κ2) is 8.11. The molecule has 1 atom stereocenters. The summed E-state index contributed by atoms with van der Waals surface area (Å²) >= 11 is 0. The lowest BCUT2D eigenvalue weighted by Gasteiger charge is -2.21. The van der Waals surface area contributed by atoms with Crippen LogP contribution in [0.4, 0.5) is 4.79 Å². The van der Waals surface area contributed by atoms with Crippen LogP contribution in [0.2, 0.25) is 0 Å². The standard InChI is InChI=1S/C15H23N3O5S/c1-11(14(19)20)10-18(4)15(21)16-9-12-7-5-6-8-13(12)24(22,23)17(2)3/h5-8,11H,9-10H2,1-4H3,(H,16,21)(H,19,20). The van der Waals surface area contributed by atoms with Crippen molar-refractivity contribution in [2.75, 3.05) is 27.7 Å². The van der Waals surface area contributed by atoms with E-state index in [1.165, 1.54) is 39.0 Å². The molecule has 1 aromatic carbocycles. The zero-order chi connectivity index (χ0) is 18.5. The third-order valence-corrected chi connectivity index (χ3v) is 5.39. The molecule has 0 spiro atoms. The summed E-state index contributed by atoms with van der Waals surface area (Å²) in [6.45, 7) is 1.58. The Kier molecular flexibility index (Phi) is 6.73. The molecule has 2 amide bonds. The Morgan fingerprint density at radius 2 is 1.79 bits per heavy atom. The van der Waals surface area contributed by atoms with E-state index in [4.69, 9.17) is 5.11 Å². The van der Waals surface area contributed by atoms with Crippen LogP contribution >= 0.6 is 0 Å². The number of carbonyl (C=O) groups excluding carboxylic acids is 1. The zero-order valence-electron chi connectivity index (χ0n) is 14.2. The molecule has 24 heavy (non-hydrogen) atoms. The van der Waals surface area contributed by atoms with Gasteiger partial charge in [-0.05, 0) is 11.6 Å². The van der Waals surface area contributed by atoms with E-state index in [0.717, 1.165) is 4.31 Å². The van der Waals surface area contributed by atoms with E-state index in [9.17, 15) is 18.0 Å². The van der Waals surface area contributed by atoms with Crippen molar-refractivity contribution in [2.45, 2.75) is 18.4 Å². The van der Waals surface area contributed by atoms with Crippen molar-refractivity contribution < 1.29 is 23.1 Å². The maximum atomic E-state index is 12.3. The molecule has 0 saturated heterocycles. The summed E-state index contributed by atoms with van der Waals surface area (Å²) in [7, 11) is 0.741. The van der Waals surface area contributed by atoms with Crippen molar-refractivity contribution >= 4 is 22.0 Å². The number of aliphatic carboxylic acids is 1. The molecule has 8 nitrogen and oxygen atoms in total. The molecule has 1 aromatic rings. The minimum atomic E-state index is -3.62. The average molecular weight is 357 g/mol. The van der Waals surface area contributed by atoms with E-state index in [1.54, 1.807) is 18.2 Å². The van der Waals surface area contributed by atoms with Crippen molar-refractivity contribution in [3.63, 3.8) is 0 Å². The number of sulfonamides is 1. The molecule has 1 rings (SSSR count). The van der Waals surface area contributed by atoms with Crippen LogP contribution in [0.3, 0.4) is 0 Å². The van der Waals surface area contributed by atoms with Crippen molar-refractivity contribution in [3.05, 3.63) is 29.8 Å². The van der Waals surface area contributed by atoms with Gasteiger partial charge in [-0.15, -0.1) is 0 Å². The predicted molar refractivity (Wildman–Crippen MR) is 89.0 cm³/mol. The highest BCUT2D eigenvalue weighted by molar-refractivity contribution is 7.89. The zero-order valence-corrected chi connectivity index (χ0v) is 15.0. The molecule has 0 aliphatic carbocycles. The number of benzene rings is 1. The highest BCUT2D eigenvalue weighted by atomic mass is 32.2. The number of nitrogens with one attached hydrogen (secondary N) is 1. The molecule has 1 unspecified atom stereocenters. The molecule has 0 aliphatic rings. The largest absolute Gasteiger partial charge is 0.481 e. The van der Waals surface area contributed by atoms with Crippen molar-refractivity contribution in [1.82, 2.24) is 14.5 Å². The van der Waals surface area contributed by atoms with Gasteiger partial charge in [0.2, 0.25) is 10.0 Å². The number of hydrogen-bond acceptors (Lipinski definition) is 4. The summed E-state index contributed by atoms with van der Waals surface area (Å²) < 4.78 is 25.7. The first-order valence-corrected chi connectivity index (χ1v) is 8.73. The third-order valence-electron chi connectivity index (χ3n) is 3.48. The quantitative estimate of drug-likeness (QED) is 0.750. The van der Waals surface area contributed by atoms with Crippen LogP contribution in [0, 0.1) is 5.92 Å². The Morgan fingerprint density at radius 1 is 1.21 bits per heavy atom. The lowest BCUT2D eigenvalue weighted by atomic mass is 10.2. The highest BCUT2D eigenvalue weighted by Gasteiger charge is 2.22. The number of amides is 2. The van der Waals surface area contributed by atoms with Crippen LogP contribution in [0.15, 0.2) is 29.2 Å². The minimum absolute atomic E-state index is 0.0217. The molecule has 134 valence electrons. The van der Waals surface area contributed by atoms with E-state index < -0.39 is 27.9 Å². The number of rotatable bonds is 7. The normalized spacial score (nSPS) is 12.7. The van der Waals surface area contributed by atoms with Gasteiger partial charge in [0.1, 0.15) is 0 Å². The summed E-state index contributed by atoms with van der Waals surface area (Å²) in [6, 6.07) is 5.93. The average Bonchev–Trinajstić information content (AvgIpc) is 2.52. The van der Waals surface area contributed by atoms with Gasteiger partial charge in [0.25, 0.3) is 0 Å². The third kappa shape index (κ3) is 4.93. The Hall–Kier alpha value is -2.13. The van der Waals surface area contributed by atoms with Crippen molar-refractivity contribution in [3.8, 4) is 0 Å². The Morgan fingerprint density at radius 3 is 2.33 bits per heavy atom. The summed E-state index contributed by atoms with van der Waals surface area (Å²) in [5.41, 5.74) is 0.458. The number of carbonyl (C=O) groups is 2. The number of hydrogen-bond donors (Lipinski definition) is 2. The van der Waals surface area contributed by atoms with Crippen LogP contribution in [-0.2, 0) is 21.4 Å². The summed E-state index contributed by atoms with van der Waals surface area (Å²) in [5, 5.41) is 11.5. The fourth-order valence-corrected chi connectivity index (χ4v) is 3.09. The molecule has 0 fully saturated rings. The first-order valence-electron chi connectivity index (χ1n) is 7.29. The van der Waals surface area contributed by atoms with Gasteiger partial charge in [-0.25, -0.2) is 17.5 Å². The van der Waals surface area contributed by atoms with Gasteiger partial charge in [-0.3, -0.25) is 4.79 Å². The van der Waals surface area contributed by atoms with Gasteiger partial charge in [-0.2, -0.15) is 0 Å². The maximum Gasteiger partial charge on any atom is 0.317 e. The van der Waals surface area contributed by atoms with Gasteiger partial charge in [0, 0.05) is 34.2 Å². The van der Waals surface area contributed by atoms with Crippen LogP contribution in [0.25, 0.3) is 0 Å². The SMILES string of the molecule is CC(CN(C)C(=O)NCc1ccccc1S(=O)(=O)N(C)C)C(=O)O. The second-order valence-electron chi connectivity index (χ2n) is 5.67. The van der Waals surface area contributed by atoms with E-state index >= 15 is 0 Å². The fourth-order valence-electron chi connectivity index (χ4n) is 1.98. The smallest absolute Gasteiger partial charge is 0.317 e. The summed E-state index contributed by atoms with van der Waals surface area (Å²) in [5.74, 6) is -1.68. The first-order chi connectivity index (χ1) is 11.1. The van der Waals surface area contributed by atoms with Crippen LogP contribution in [0.1, 0.15) is 12.5 Å². The van der Waals surface area contributed by atoms with E-state index in [-0.39, 0.29) is 18.0 Å². The lowest BCUT2D eigenvalue weighted by molar-refractivity contribution is -0.141. The molecular formula is C15H23N3O5S. The van der Waals surface area contributed by atoms with Gasteiger partial charge in [0.15, 0.2) is 0 Å². The Balaban J connectivity index is 2.82. The summed E-state index contributed by atoms with van der Waals surface area (Å²) in [6.07, 6.45) is 0. The summed E-state index contributed by atoms with van der Waals surface area (Å²) in [4.78, 5) is 24.2. The topological polar surface area (TPSA) is 107 Å². The highest BCUT2D eigenvalue weighted by Crippen LogP contribution is 2.18. The van der Waals surface area contributed by atoms with Crippen molar-refractivity contribution in [1.29, 1.82) is 0 Å². The Bertz CT molecular complexity index is 703. The molecule has 9 heteroatoms. The monoisotopic (exact) mass is 357 g/mol. The lowest BCUT2D eigenvalue weighted by Crippen LogP contribution is -2.40. The number of nitrogens with zero attached hydrogens (tertiary/aromatic N) is 2. The van der Waals surface area contributed by atoms with Crippen molar-refractivity contribution in [2.24, 2.45) is 5.92 Å². The van der Waals surface area contributed by atoms with E-state index in [0.29, 0.717) is 5.56 Å². The fraction of sp³-hybridized carbons (Fsp3) is 0.467. The molecule has 0 aromatic heterocycles. The van der Waals surface area contributed by atoms with Crippen LogP contribution in [-0.4, -0.2) is 62.4 Å². The molecule has 0 bridgehead atoms. The molecule has 0 heterocycles. The first kappa shape index (κ1) is 19.9. The van der Waals surface area contributed by atoms with Gasteiger partial charge in [-0.1, -0.05) is 25.1 Å². The molecule has 0 saturated carbocycles. The minimum Gasteiger partial charge on any atom is -0.481 e. The second-order valence-corrected chi connectivity index (χ2v) is 7.79. The number of urea groups is 1. The van der Waals surface area contributed by atoms with E-state index in [1.807, 2.05) is 0 Å². The number of carboxylic acid groups (broad SMARTS) is 1. The van der Waals surface area contributed by atoms with Gasteiger partial charge >= 0.3 is 12.0 Å². The van der Waals surface area contributed by atoms with Crippen LogP contribution in [0.5, 0.6) is 0 Å². The Labute approximate surface area is 142 Å².